The van der Waals surface area contributed by atoms with E-state index >= 15 is 0 Å². The molecule has 1 spiro atoms. The number of nitrogens with zero attached hydrogens (tertiary/aromatic N) is 2. The van der Waals surface area contributed by atoms with Gasteiger partial charge in [0.1, 0.15) is 6.33 Å². The van der Waals surface area contributed by atoms with E-state index in [4.69, 9.17) is 0 Å². The molecule has 2 fully saturated rings. The van der Waals surface area contributed by atoms with Gasteiger partial charge in [0, 0.05) is 36.3 Å². The summed E-state index contributed by atoms with van der Waals surface area (Å²) in [4.78, 5) is 19.3. The van der Waals surface area contributed by atoms with Crippen LogP contribution >= 0.6 is 0 Å². The number of aliphatic carboxylic acids is 1. The van der Waals surface area contributed by atoms with Gasteiger partial charge in [-0.15, -0.1) is 0 Å². The van der Waals surface area contributed by atoms with Crippen molar-refractivity contribution in [3.8, 4) is 0 Å². The van der Waals surface area contributed by atoms with E-state index < -0.39 is 5.97 Å². The second-order valence-corrected chi connectivity index (χ2v) is 4.65. The average Bonchev–Trinajstić information content (AvgIpc) is 2.82. The first kappa shape index (κ1) is 9.72. The first-order chi connectivity index (χ1) is 7.74. The van der Waals surface area contributed by atoms with Gasteiger partial charge in [-0.1, -0.05) is 0 Å². The molecule has 1 aromatic rings. The van der Waals surface area contributed by atoms with Crippen molar-refractivity contribution in [1.82, 2.24) is 15.3 Å². The Kier molecular flexibility index (Phi) is 1.97. The Balaban J connectivity index is 1.86. The summed E-state index contributed by atoms with van der Waals surface area (Å²) in [5, 5.41) is 12.4. The summed E-state index contributed by atoms with van der Waals surface area (Å²) >= 11 is 0. The van der Waals surface area contributed by atoms with Crippen molar-refractivity contribution in [3.05, 3.63) is 24.3 Å². The Bertz CT molecular complexity index is 422. The van der Waals surface area contributed by atoms with Crippen LogP contribution in [0.1, 0.15) is 18.0 Å². The smallest absolute Gasteiger partial charge is 0.308 e. The van der Waals surface area contributed by atoms with E-state index in [1.54, 1.807) is 6.20 Å². The number of rotatable bonds is 2. The van der Waals surface area contributed by atoms with Gasteiger partial charge in [0.25, 0.3) is 0 Å². The summed E-state index contributed by atoms with van der Waals surface area (Å²) in [7, 11) is 0. The Morgan fingerprint density at radius 3 is 3.19 bits per heavy atom. The van der Waals surface area contributed by atoms with Gasteiger partial charge in [-0.05, 0) is 12.5 Å². The molecule has 3 unspecified atom stereocenters. The Morgan fingerprint density at radius 1 is 1.62 bits per heavy atom. The fourth-order valence-corrected chi connectivity index (χ4v) is 2.92. The molecule has 5 nitrogen and oxygen atoms in total. The van der Waals surface area contributed by atoms with Crippen molar-refractivity contribution in [1.29, 1.82) is 0 Å². The molecule has 2 heterocycles. The molecule has 2 N–H and O–H groups in total. The summed E-state index contributed by atoms with van der Waals surface area (Å²) in [5.41, 5.74) is 0.880. The average molecular weight is 219 g/mol. The standard InChI is InChI=1S/C11H13N3O2/c15-10(16)8-4-13-5-11(8)3-7(11)9-1-2-12-6-14-9/h1-2,6-8,13H,3-5H2,(H,15,16). The molecule has 3 rings (SSSR count). The maximum absolute atomic E-state index is 11.2. The van der Waals surface area contributed by atoms with E-state index in [-0.39, 0.29) is 17.3 Å². The number of carboxylic acids is 1. The number of nitrogens with one attached hydrogen (secondary N) is 1. The maximum Gasteiger partial charge on any atom is 0.308 e. The predicted molar refractivity (Wildman–Crippen MR) is 55.8 cm³/mol. The van der Waals surface area contributed by atoms with Crippen molar-refractivity contribution in [2.45, 2.75) is 12.3 Å². The van der Waals surface area contributed by atoms with Crippen LogP contribution in [0, 0.1) is 11.3 Å². The lowest BCUT2D eigenvalue weighted by Crippen LogP contribution is -2.24. The second kappa shape index (κ2) is 3.25. The number of aromatic nitrogens is 2. The molecule has 16 heavy (non-hydrogen) atoms. The molecule has 84 valence electrons. The summed E-state index contributed by atoms with van der Waals surface area (Å²) in [6.07, 6.45) is 4.17. The van der Waals surface area contributed by atoms with E-state index in [1.165, 1.54) is 6.33 Å². The largest absolute Gasteiger partial charge is 0.481 e. The van der Waals surface area contributed by atoms with E-state index in [0.29, 0.717) is 6.54 Å². The summed E-state index contributed by atoms with van der Waals surface area (Å²) < 4.78 is 0. The van der Waals surface area contributed by atoms with Crippen LogP contribution in [0.4, 0.5) is 0 Å². The molecule has 2 aliphatic rings. The fourth-order valence-electron chi connectivity index (χ4n) is 2.92. The van der Waals surface area contributed by atoms with Crippen LogP contribution < -0.4 is 5.32 Å². The number of hydrogen-bond acceptors (Lipinski definition) is 4. The van der Waals surface area contributed by atoms with Crippen LogP contribution in [0.25, 0.3) is 0 Å². The third-order valence-electron chi connectivity index (χ3n) is 3.87. The third-order valence-corrected chi connectivity index (χ3v) is 3.87. The highest BCUT2D eigenvalue weighted by molar-refractivity contribution is 5.73. The molecule has 1 saturated heterocycles. The minimum atomic E-state index is -0.693. The van der Waals surface area contributed by atoms with Crippen LogP contribution in [0.15, 0.2) is 18.6 Å². The van der Waals surface area contributed by atoms with Gasteiger partial charge in [0.15, 0.2) is 0 Å². The van der Waals surface area contributed by atoms with E-state index in [1.807, 2.05) is 6.07 Å². The van der Waals surface area contributed by atoms with Crippen LogP contribution in [0.2, 0.25) is 0 Å². The maximum atomic E-state index is 11.2. The van der Waals surface area contributed by atoms with Gasteiger partial charge in [-0.2, -0.15) is 0 Å². The highest BCUT2D eigenvalue weighted by atomic mass is 16.4. The second-order valence-electron chi connectivity index (χ2n) is 4.65. The fraction of sp³-hybridized carbons (Fsp3) is 0.545. The normalized spacial score (nSPS) is 36.5. The minimum Gasteiger partial charge on any atom is -0.481 e. The van der Waals surface area contributed by atoms with E-state index in [2.05, 4.69) is 15.3 Å². The van der Waals surface area contributed by atoms with Gasteiger partial charge >= 0.3 is 5.97 Å². The van der Waals surface area contributed by atoms with E-state index in [9.17, 15) is 9.90 Å². The zero-order valence-electron chi connectivity index (χ0n) is 8.76. The lowest BCUT2D eigenvalue weighted by Gasteiger charge is -2.14. The quantitative estimate of drug-likeness (QED) is 0.746. The van der Waals surface area contributed by atoms with E-state index in [0.717, 1.165) is 18.7 Å². The zero-order chi connectivity index (χ0) is 11.2. The molecule has 0 bridgehead atoms. The van der Waals surface area contributed by atoms with Gasteiger partial charge in [-0.25, -0.2) is 9.97 Å². The van der Waals surface area contributed by atoms with Crippen molar-refractivity contribution >= 4 is 5.97 Å². The minimum absolute atomic E-state index is 0.0970. The summed E-state index contributed by atoms with van der Waals surface area (Å²) in [5.74, 6) is -0.680. The van der Waals surface area contributed by atoms with Crippen molar-refractivity contribution in [3.63, 3.8) is 0 Å². The topological polar surface area (TPSA) is 75.1 Å². The molecule has 3 atom stereocenters. The van der Waals surface area contributed by atoms with Crippen molar-refractivity contribution < 1.29 is 9.90 Å². The number of hydrogen-bond donors (Lipinski definition) is 2. The molecule has 1 aliphatic heterocycles. The molecule has 0 amide bonds. The molecule has 0 radical (unpaired) electrons. The molecule has 0 aromatic carbocycles. The highest BCUT2D eigenvalue weighted by Gasteiger charge is 2.64. The number of carbonyl (C=O) groups is 1. The third kappa shape index (κ3) is 1.24. The Morgan fingerprint density at radius 2 is 2.50 bits per heavy atom. The lowest BCUT2D eigenvalue weighted by molar-refractivity contribution is -0.142. The van der Waals surface area contributed by atoms with Gasteiger partial charge in [-0.3, -0.25) is 4.79 Å². The van der Waals surface area contributed by atoms with Gasteiger partial charge < -0.3 is 10.4 Å². The first-order valence-corrected chi connectivity index (χ1v) is 5.43. The zero-order valence-corrected chi connectivity index (χ0v) is 8.76. The molecule has 5 heteroatoms. The molecular formula is C11H13N3O2. The number of carboxylic acid groups (broad SMARTS) is 1. The Labute approximate surface area is 92.9 Å². The molecule has 1 aliphatic carbocycles. The highest BCUT2D eigenvalue weighted by Crippen LogP contribution is 2.64. The lowest BCUT2D eigenvalue weighted by atomic mass is 9.89. The first-order valence-electron chi connectivity index (χ1n) is 5.43. The van der Waals surface area contributed by atoms with Crippen LogP contribution in [-0.4, -0.2) is 34.1 Å². The SMILES string of the molecule is O=C(O)C1CNCC12CC2c1ccncn1. The van der Waals surface area contributed by atoms with Crippen LogP contribution in [-0.2, 0) is 4.79 Å². The van der Waals surface area contributed by atoms with Crippen molar-refractivity contribution in [2.75, 3.05) is 13.1 Å². The summed E-state index contributed by atoms with van der Waals surface area (Å²) in [6, 6.07) is 1.89. The van der Waals surface area contributed by atoms with Crippen LogP contribution in [0.5, 0.6) is 0 Å². The van der Waals surface area contributed by atoms with Crippen molar-refractivity contribution in [2.24, 2.45) is 11.3 Å². The molecular weight excluding hydrogens is 206 g/mol. The van der Waals surface area contributed by atoms with Crippen LogP contribution in [0.3, 0.4) is 0 Å². The monoisotopic (exact) mass is 219 g/mol. The molecule has 1 saturated carbocycles. The predicted octanol–water partition coefficient (Wildman–Crippen LogP) is 0.254. The summed E-state index contributed by atoms with van der Waals surface area (Å²) in [6.45, 7) is 1.37. The molecule has 1 aromatic heterocycles. The van der Waals surface area contributed by atoms with Gasteiger partial charge in [0.2, 0.25) is 0 Å². The Hall–Kier alpha value is -1.49. The van der Waals surface area contributed by atoms with Gasteiger partial charge in [0.05, 0.1) is 5.92 Å².